The molecule has 30 heavy (non-hydrogen) atoms. The first-order valence-corrected chi connectivity index (χ1v) is 10.2. The van der Waals surface area contributed by atoms with Crippen LogP contribution < -0.4 is 0 Å². The number of benzene rings is 3. The number of nitrogens with zero attached hydrogens (tertiary/aromatic N) is 3. The summed E-state index contributed by atoms with van der Waals surface area (Å²) in [6.45, 7) is 2.93. The van der Waals surface area contributed by atoms with Crippen LogP contribution >= 0.6 is 0 Å². The first-order valence-electron chi connectivity index (χ1n) is 10.2. The van der Waals surface area contributed by atoms with Crippen LogP contribution in [-0.4, -0.2) is 40.4 Å². The number of likely N-dealkylation sites (N-methyl/N-ethyl adjacent to an activating group) is 1. The molecule has 0 radical (unpaired) electrons. The molecule has 4 nitrogen and oxygen atoms in total. The molecular weight excluding hydrogens is 370 g/mol. The summed E-state index contributed by atoms with van der Waals surface area (Å²) in [5.41, 5.74) is 7.27. The lowest BCUT2D eigenvalue weighted by atomic mass is 9.97. The van der Waals surface area contributed by atoms with E-state index in [1.807, 2.05) is 49.1 Å². The van der Waals surface area contributed by atoms with Crippen LogP contribution in [-0.2, 0) is 6.42 Å². The van der Waals surface area contributed by atoms with Crippen molar-refractivity contribution in [2.24, 2.45) is 0 Å². The third kappa shape index (κ3) is 4.00. The SMILES string of the molecule is Cc1nn(-c2ccccc2)c(-c2ccc(O)c(CCN(C)C)c2)c1-c1ccccc1. The van der Waals surface area contributed by atoms with Crippen LogP contribution in [0.2, 0.25) is 0 Å². The molecule has 4 rings (SSSR count). The van der Waals surface area contributed by atoms with E-state index in [1.165, 1.54) is 0 Å². The number of para-hydroxylation sites is 1. The van der Waals surface area contributed by atoms with Gasteiger partial charge in [0.05, 0.1) is 17.1 Å². The second-order valence-corrected chi connectivity index (χ2v) is 7.82. The fourth-order valence-electron chi connectivity index (χ4n) is 3.78. The van der Waals surface area contributed by atoms with Gasteiger partial charge >= 0.3 is 0 Å². The molecule has 4 aromatic rings. The van der Waals surface area contributed by atoms with Gasteiger partial charge in [-0.1, -0.05) is 48.5 Å². The fourth-order valence-corrected chi connectivity index (χ4v) is 3.78. The second-order valence-electron chi connectivity index (χ2n) is 7.82. The summed E-state index contributed by atoms with van der Waals surface area (Å²) < 4.78 is 2.01. The molecule has 0 aliphatic carbocycles. The van der Waals surface area contributed by atoms with Crippen molar-refractivity contribution in [2.45, 2.75) is 13.3 Å². The molecule has 0 aliphatic rings. The average molecular weight is 398 g/mol. The minimum absolute atomic E-state index is 0.337. The maximum absolute atomic E-state index is 10.4. The maximum atomic E-state index is 10.4. The minimum atomic E-state index is 0.337. The average Bonchev–Trinajstić information content (AvgIpc) is 3.11. The van der Waals surface area contributed by atoms with Crippen molar-refractivity contribution >= 4 is 0 Å². The number of phenols is 1. The molecule has 0 aliphatic heterocycles. The molecule has 0 fully saturated rings. The summed E-state index contributed by atoms with van der Waals surface area (Å²) in [5.74, 6) is 0.337. The first-order chi connectivity index (χ1) is 14.5. The van der Waals surface area contributed by atoms with Crippen LogP contribution in [0.1, 0.15) is 11.3 Å². The molecule has 3 aromatic carbocycles. The number of rotatable bonds is 6. The minimum Gasteiger partial charge on any atom is -0.508 e. The van der Waals surface area contributed by atoms with Crippen molar-refractivity contribution in [3.05, 3.63) is 90.1 Å². The lowest BCUT2D eigenvalue weighted by Crippen LogP contribution is -2.15. The van der Waals surface area contributed by atoms with E-state index in [0.29, 0.717) is 5.75 Å². The van der Waals surface area contributed by atoms with Gasteiger partial charge in [-0.2, -0.15) is 5.10 Å². The fraction of sp³-hybridized carbons (Fsp3) is 0.192. The van der Waals surface area contributed by atoms with Gasteiger partial charge in [0.15, 0.2) is 0 Å². The van der Waals surface area contributed by atoms with Gasteiger partial charge in [-0.3, -0.25) is 0 Å². The van der Waals surface area contributed by atoms with E-state index in [2.05, 4.69) is 54.3 Å². The topological polar surface area (TPSA) is 41.3 Å². The Hall–Kier alpha value is -3.37. The molecule has 0 spiro atoms. The summed E-state index contributed by atoms with van der Waals surface area (Å²) in [6.07, 6.45) is 0.784. The number of hydrogen-bond acceptors (Lipinski definition) is 3. The Kier molecular flexibility index (Phi) is 5.68. The molecule has 0 atom stereocenters. The monoisotopic (exact) mass is 397 g/mol. The van der Waals surface area contributed by atoms with Gasteiger partial charge in [0.25, 0.3) is 0 Å². The predicted octanol–water partition coefficient (Wildman–Crippen LogP) is 5.32. The second kappa shape index (κ2) is 8.56. The third-order valence-electron chi connectivity index (χ3n) is 5.30. The van der Waals surface area contributed by atoms with Crippen LogP contribution in [0.25, 0.3) is 28.1 Å². The van der Waals surface area contributed by atoms with Crippen LogP contribution in [0.15, 0.2) is 78.9 Å². The van der Waals surface area contributed by atoms with Crippen LogP contribution in [0.5, 0.6) is 5.75 Å². The van der Waals surface area contributed by atoms with E-state index < -0.39 is 0 Å². The van der Waals surface area contributed by atoms with Gasteiger partial charge < -0.3 is 10.0 Å². The van der Waals surface area contributed by atoms with Crippen molar-refractivity contribution in [1.82, 2.24) is 14.7 Å². The molecule has 152 valence electrons. The van der Waals surface area contributed by atoms with Gasteiger partial charge in [-0.05, 0) is 68.9 Å². The highest BCUT2D eigenvalue weighted by atomic mass is 16.3. The molecule has 1 heterocycles. The zero-order chi connectivity index (χ0) is 21.1. The summed E-state index contributed by atoms with van der Waals surface area (Å²) in [7, 11) is 4.09. The van der Waals surface area contributed by atoms with E-state index in [9.17, 15) is 5.11 Å². The lowest BCUT2D eigenvalue weighted by Gasteiger charge is -2.14. The zero-order valence-corrected chi connectivity index (χ0v) is 17.7. The van der Waals surface area contributed by atoms with Crippen molar-refractivity contribution in [3.63, 3.8) is 0 Å². The molecule has 0 amide bonds. The van der Waals surface area contributed by atoms with Crippen LogP contribution in [0.3, 0.4) is 0 Å². The quantitative estimate of drug-likeness (QED) is 0.478. The smallest absolute Gasteiger partial charge is 0.118 e. The van der Waals surface area contributed by atoms with Gasteiger partial charge in [0, 0.05) is 17.7 Å². The van der Waals surface area contributed by atoms with E-state index in [1.54, 1.807) is 6.07 Å². The van der Waals surface area contributed by atoms with Crippen molar-refractivity contribution < 1.29 is 5.11 Å². The Morgan fingerprint density at radius 1 is 0.867 bits per heavy atom. The summed E-state index contributed by atoms with van der Waals surface area (Å²) in [6, 6.07) is 26.5. The third-order valence-corrected chi connectivity index (χ3v) is 5.30. The standard InChI is InChI=1S/C26H27N3O/c1-19-25(20-10-6-4-7-11-20)26(29(27-19)23-12-8-5-9-13-23)22-14-15-24(30)21(18-22)16-17-28(2)3/h4-15,18,30H,16-17H2,1-3H3. The Bertz CT molecular complexity index is 1130. The Labute approximate surface area is 178 Å². The van der Waals surface area contributed by atoms with E-state index in [0.717, 1.165) is 52.3 Å². The number of hydrogen-bond donors (Lipinski definition) is 1. The number of phenolic OH excluding ortho intramolecular Hbond substituents is 1. The summed E-state index contributed by atoms with van der Waals surface area (Å²) >= 11 is 0. The van der Waals surface area contributed by atoms with Gasteiger partial charge in [-0.25, -0.2) is 4.68 Å². The van der Waals surface area contributed by atoms with Crippen molar-refractivity contribution in [1.29, 1.82) is 0 Å². The molecule has 0 saturated carbocycles. The Morgan fingerprint density at radius 3 is 2.20 bits per heavy atom. The highest BCUT2D eigenvalue weighted by Crippen LogP contribution is 2.38. The number of aromatic hydroxyl groups is 1. The normalized spacial score (nSPS) is 11.2. The Balaban J connectivity index is 1.93. The molecule has 1 aromatic heterocycles. The highest BCUT2D eigenvalue weighted by Gasteiger charge is 2.20. The zero-order valence-electron chi connectivity index (χ0n) is 17.7. The number of aryl methyl sites for hydroxylation is 1. The maximum Gasteiger partial charge on any atom is 0.118 e. The van der Waals surface area contributed by atoms with Crippen molar-refractivity contribution in [3.8, 4) is 33.8 Å². The van der Waals surface area contributed by atoms with Crippen LogP contribution in [0, 0.1) is 6.92 Å². The largest absolute Gasteiger partial charge is 0.508 e. The molecule has 0 saturated heterocycles. The van der Waals surface area contributed by atoms with Crippen molar-refractivity contribution in [2.75, 3.05) is 20.6 Å². The van der Waals surface area contributed by atoms with E-state index in [-0.39, 0.29) is 0 Å². The van der Waals surface area contributed by atoms with E-state index >= 15 is 0 Å². The van der Waals surface area contributed by atoms with Gasteiger partial charge in [-0.15, -0.1) is 0 Å². The van der Waals surface area contributed by atoms with Gasteiger partial charge in [0.2, 0.25) is 0 Å². The molecule has 1 N–H and O–H groups in total. The van der Waals surface area contributed by atoms with Crippen LogP contribution in [0.4, 0.5) is 0 Å². The molecule has 0 bridgehead atoms. The van der Waals surface area contributed by atoms with E-state index in [4.69, 9.17) is 5.10 Å². The van der Waals surface area contributed by atoms with Gasteiger partial charge in [0.1, 0.15) is 5.75 Å². The molecule has 4 heteroatoms. The first kappa shape index (κ1) is 19.9. The highest BCUT2D eigenvalue weighted by molar-refractivity contribution is 5.84. The summed E-state index contributed by atoms with van der Waals surface area (Å²) in [5, 5.41) is 15.3. The lowest BCUT2D eigenvalue weighted by molar-refractivity contribution is 0.406. The number of aromatic nitrogens is 2. The summed E-state index contributed by atoms with van der Waals surface area (Å²) in [4.78, 5) is 2.12. The Morgan fingerprint density at radius 2 is 1.53 bits per heavy atom. The molecular formula is C26H27N3O. The molecule has 0 unspecified atom stereocenters. The predicted molar refractivity (Wildman–Crippen MR) is 123 cm³/mol.